The van der Waals surface area contributed by atoms with Gasteiger partial charge in [0.15, 0.2) is 0 Å². The first-order valence-corrected chi connectivity index (χ1v) is 6.60. The van der Waals surface area contributed by atoms with E-state index in [0.29, 0.717) is 6.04 Å². The number of hydrogen-bond donors (Lipinski definition) is 2. The van der Waals surface area contributed by atoms with Crippen molar-refractivity contribution in [2.45, 2.75) is 40.2 Å². The molecule has 1 unspecified atom stereocenters. The molecule has 0 radical (unpaired) electrons. The summed E-state index contributed by atoms with van der Waals surface area (Å²) in [4.78, 5) is 0. The lowest BCUT2D eigenvalue weighted by Crippen LogP contribution is -2.49. The van der Waals surface area contributed by atoms with Crippen molar-refractivity contribution < 1.29 is 0 Å². The SMILES string of the molecule is Cc1cc(C)c(C)c(CC2CNCCN2)c1C. The van der Waals surface area contributed by atoms with Crippen molar-refractivity contribution in [1.29, 1.82) is 0 Å². The van der Waals surface area contributed by atoms with Gasteiger partial charge in [-0.15, -0.1) is 0 Å². The zero-order valence-electron chi connectivity index (χ0n) is 11.5. The highest BCUT2D eigenvalue weighted by atomic mass is 15.0. The highest BCUT2D eigenvalue weighted by Crippen LogP contribution is 2.23. The molecule has 94 valence electrons. The number of hydrogen-bond acceptors (Lipinski definition) is 2. The molecule has 1 atom stereocenters. The third kappa shape index (κ3) is 2.70. The second kappa shape index (κ2) is 5.19. The topological polar surface area (TPSA) is 24.1 Å². The number of rotatable bonds is 2. The first-order chi connectivity index (χ1) is 8.09. The summed E-state index contributed by atoms with van der Waals surface area (Å²) in [6.07, 6.45) is 1.15. The van der Waals surface area contributed by atoms with Gasteiger partial charge in [0.2, 0.25) is 0 Å². The van der Waals surface area contributed by atoms with E-state index in [4.69, 9.17) is 0 Å². The Balaban J connectivity index is 2.24. The highest BCUT2D eigenvalue weighted by Gasteiger charge is 2.16. The molecule has 2 rings (SSSR count). The predicted octanol–water partition coefficient (Wildman–Crippen LogP) is 2.02. The second-order valence-corrected chi connectivity index (χ2v) is 5.30. The molecule has 1 heterocycles. The van der Waals surface area contributed by atoms with E-state index in [0.717, 1.165) is 26.1 Å². The van der Waals surface area contributed by atoms with Gasteiger partial charge >= 0.3 is 0 Å². The van der Waals surface area contributed by atoms with Crippen molar-refractivity contribution in [1.82, 2.24) is 10.6 Å². The van der Waals surface area contributed by atoms with E-state index in [9.17, 15) is 0 Å². The Morgan fingerprint density at radius 3 is 2.24 bits per heavy atom. The minimum Gasteiger partial charge on any atom is -0.314 e. The van der Waals surface area contributed by atoms with Crippen LogP contribution in [0.3, 0.4) is 0 Å². The van der Waals surface area contributed by atoms with Gasteiger partial charge in [-0.05, 0) is 61.9 Å². The lowest BCUT2D eigenvalue weighted by atomic mass is 9.90. The van der Waals surface area contributed by atoms with Gasteiger partial charge in [-0.1, -0.05) is 6.07 Å². The van der Waals surface area contributed by atoms with Crippen molar-refractivity contribution in [2.24, 2.45) is 0 Å². The van der Waals surface area contributed by atoms with Crippen molar-refractivity contribution in [2.75, 3.05) is 19.6 Å². The van der Waals surface area contributed by atoms with Crippen LogP contribution in [0.4, 0.5) is 0 Å². The third-order valence-electron chi connectivity index (χ3n) is 4.10. The molecule has 17 heavy (non-hydrogen) atoms. The molecule has 0 amide bonds. The Labute approximate surface area is 105 Å². The second-order valence-electron chi connectivity index (χ2n) is 5.30. The molecule has 1 aromatic carbocycles. The Bertz CT molecular complexity index is 378. The number of piperazine rings is 1. The minimum absolute atomic E-state index is 0.586. The van der Waals surface area contributed by atoms with Crippen LogP contribution >= 0.6 is 0 Å². The molecule has 0 aliphatic carbocycles. The highest BCUT2D eigenvalue weighted by molar-refractivity contribution is 5.44. The summed E-state index contributed by atoms with van der Waals surface area (Å²) < 4.78 is 0. The first-order valence-electron chi connectivity index (χ1n) is 6.60. The van der Waals surface area contributed by atoms with Gasteiger partial charge < -0.3 is 10.6 Å². The van der Waals surface area contributed by atoms with E-state index in [1.54, 1.807) is 5.56 Å². The Morgan fingerprint density at radius 1 is 1.06 bits per heavy atom. The van der Waals surface area contributed by atoms with E-state index < -0.39 is 0 Å². The molecule has 0 bridgehead atoms. The molecule has 2 N–H and O–H groups in total. The number of nitrogens with one attached hydrogen (secondary N) is 2. The van der Waals surface area contributed by atoms with Gasteiger partial charge in [0.05, 0.1) is 0 Å². The molecular formula is C15H24N2. The van der Waals surface area contributed by atoms with Crippen molar-refractivity contribution >= 4 is 0 Å². The van der Waals surface area contributed by atoms with Crippen LogP contribution in [0.15, 0.2) is 6.07 Å². The number of benzene rings is 1. The van der Waals surface area contributed by atoms with Gasteiger partial charge in [-0.2, -0.15) is 0 Å². The Morgan fingerprint density at radius 2 is 1.71 bits per heavy atom. The quantitative estimate of drug-likeness (QED) is 0.815. The first kappa shape index (κ1) is 12.6. The molecule has 0 aromatic heterocycles. The summed E-state index contributed by atoms with van der Waals surface area (Å²) in [6, 6.07) is 2.89. The van der Waals surface area contributed by atoms with Crippen molar-refractivity contribution in [3.63, 3.8) is 0 Å². The van der Waals surface area contributed by atoms with Crippen LogP contribution in [0.25, 0.3) is 0 Å². The van der Waals surface area contributed by atoms with Crippen LogP contribution in [0.1, 0.15) is 27.8 Å². The summed E-state index contributed by atoms with van der Waals surface area (Å²) in [5, 5.41) is 7.06. The normalized spacial score (nSPS) is 20.6. The lowest BCUT2D eigenvalue weighted by Gasteiger charge is -2.26. The summed E-state index contributed by atoms with van der Waals surface area (Å²) in [6.45, 7) is 12.2. The molecule has 2 heteroatoms. The molecule has 1 fully saturated rings. The standard InChI is InChI=1S/C15H24N2/c1-10-7-11(2)13(4)15(12(10)3)8-14-9-16-5-6-17-14/h7,14,16-17H,5-6,8-9H2,1-4H3. The Hall–Kier alpha value is -0.860. The van der Waals surface area contributed by atoms with E-state index in [1.165, 1.54) is 22.3 Å². The fourth-order valence-corrected chi connectivity index (χ4v) is 2.71. The molecular weight excluding hydrogens is 208 g/mol. The fourth-order valence-electron chi connectivity index (χ4n) is 2.71. The van der Waals surface area contributed by atoms with E-state index in [2.05, 4.69) is 44.4 Å². The maximum atomic E-state index is 3.60. The molecule has 2 nitrogen and oxygen atoms in total. The average molecular weight is 232 g/mol. The molecule has 0 spiro atoms. The maximum Gasteiger partial charge on any atom is 0.0233 e. The van der Waals surface area contributed by atoms with E-state index in [1.807, 2.05) is 0 Å². The maximum absolute atomic E-state index is 3.60. The molecule has 1 aliphatic rings. The van der Waals surface area contributed by atoms with Crippen LogP contribution in [0.2, 0.25) is 0 Å². The summed E-state index contributed by atoms with van der Waals surface area (Å²) in [5.41, 5.74) is 7.34. The Kier molecular flexibility index (Phi) is 3.85. The average Bonchev–Trinajstić information content (AvgIpc) is 2.33. The summed E-state index contributed by atoms with van der Waals surface area (Å²) in [5.74, 6) is 0. The van der Waals surface area contributed by atoms with E-state index in [-0.39, 0.29) is 0 Å². The van der Waals surface area contributed by atoms with Crippen molar-refractivity contribution in [3.8, 4) is 0 Å². The summed E-state index contributed by atoms with van der Waals surface area (Å²) >= 11 is 0. The van der Waals surface area contributed by atoms with Crippen LogP contribution in [0.5, 0.6) is 0 Å². The predicted molar refractivity (Wildman–Crippen MR) is 73.8 cm³/mol. The zero-order valence-corrected chi connectivity index (χ0v) is 11.5. The van der Waals surface area contributed by atoms with Crippen LogP contribution < -0.4 is 10.6 Å². The fraction of sp³-hybridized carbons (Fsp3) is 0.600. The smallest absolute Gasteiger partial charge is 0.0233 e. The van der Waals surface area contributed by atoms with Gasteiger partial charge in [-0.25, -0.2) is 0 Å². The largest absolute Gasteiger partial charge is 0.314 e. The zero-order chi connectivity index (χ0) is 12.4. The summed E-state index contributed by atoms with van der Waals surface area (Å²) in [7, 11) is 0. The molecule has 1 aromatic rings. The van der Waals surface area contributed by atoms with Gasteiger partial charge in [0, 0.05) is 25.7 Å². The van der Waals surface area contributed by atoms with Gasteiger partial charge in [0.1, 0.15) is 0 Å². The van der Waals surface area contributed by atoms with Gasteiger partial charge in [0.25, 0.3) is 0 Å². The molecule has 1 aliphatic heterocycles. The lowest BCUT2D eigenvalue weighted by molar-refractivity contribution is 0.415. The van der Waals surface area contributed by atoms with Crippen LogP contribution in [-0.4, -0.2) is 25.7 Å². The van der Waals surface area contributed by atoms with Crippen LogP contribution in [0, 0.1) is 27.7 Å². The van der Waals surface area contributed by atoms with Crippen LogP contribution in [-0.2, 0) is 6.42 Å². The minimum atomic E-state index is 0.586. The molecule has 0 saturated carbocycles. The van der Waals surface area contributed by atoms with E-state index >= 15 is 0 Å². The third-order valence-corrected chi connectivity index (χ3v) is 4.10. The molecule has 1 saturated heterocycles. The number of aryl methyl sites for hydroxylation is 2. The van der Waals surface area contributed by atoms with Crippen molar-refractivity contribution in [3.05, 3.63) is 33.9 Å². The monoisotopic (exact) mass is 232 g/mol. The van der Waals surface area contributed by atoms with Gasteiger partial charge in [-0.3, -0.25) is 0 Å².